The first-order valence-corrected chi connectivity index (χ1v) is 9.47. The van der Waals surface area contributed by atoms with E-state index in [2.05, 4.69) is 49.5 Å². The lowest BCUT2D eigenvalue weighted by atomic mass is 10.1. The Kier molecular flexibility index (Phi) is 4.60. The zero-order valence-corrected chi connectivity index (χ0v) is 15.4. The van der Waals surface area contributed by atoms with Crippen LogP contribution < -0.4 is 0 Å². The maximum Gasteiger partial charge on any atom is 0.232 e. The molecule has 0 amide bonds. The smallest absolute Gasteiger partial charge is 0.232 e. The number of rotatable bonds is 5. The highest BCUT2D eigenvalue weighted by Crippen LogP contribution is 2.23. The van der Waals surface area contributed by atoms with Gasteiger partial charge in [0, 0.05) is 25.0 Å². The highest BCUT2D eigenvalue weighted by atomic mass is 16.5. The van der Waals surface area contributed by atoms with E-state index in [1.165, 1.54) is 5.56 Å². The molecule has 2 aromatic heterocycles. The number of morpholine rings is 1. The third kappa shape index (κ3) is 3.54. The van der Waals surface area contributed by atoms with Gasteiger partial charge in [-0.25, -0.2) is 0 Å². The van der Waals surface area contributed by atoms with Crippen LogP contribution >= 0.6 is 0 Å². The average Bonchev–Trinajstić information content (AvgIpc) is 3.37. The van der Waals surface area contributed by atoms with Gasteiger partial charge in [-0.2, -0.15) is 10.1 Å². The van der Waals surface area contributed by atoms with Crippen molar-refractivity contribution in [3.05, 3.63) is 77.6 Å². The molecule has 5 rings (SSSR count). The molecule has 1 fully saturated rings. The van der Waals surface area contributed by atoms with E-state index in [9.17, 15) is 0 Å². The van der Waals surface area contributed by atoms with E-state index in [1.807, 2.05) is 30.3 Å². The number of ether oxygens (including phenoxy) is 1. The Bertz CT molecular complexity index is 1060. The summed E-state index contributed by atoms with van der Waals surface area (Å²) in [7, 11) is 0. The number of hydrogen-bond donors (Lipinski definition) is 1. The quantitative estimate of drug-likeness (QED) is 0.577. The first-order chi connectivity index (χ1) is 13.8. The molecule has 3 heterocycles. The zero-order chi connectivity index (χ0) is 18.8. The topological polar surface area (TPSA) is 80.1 Å². The molecule has 7 nitrogen and oxygen atoms in total. The molecule has 1 aliphatic rings. The minimum absolute atomic E-state index is 0.173. The van der Waals surface area contributed by atoms with Crippen molar-refractivity contribution >= 4 is 10.9 Å². The second kappa shape index (κ2) is 7.53. The summed E-state index contributed by atoms with van der Waals surface area (Å²) in [4.78, 5) is 6.94. The predicted molar refractivity (Wildman–Crippen MR) is 104 cm³/mol. The van der Waals surface area contributed by atoms with E-state index in [0.29, 0.717) is 24.7 Å². The molecule has 0 spiro atoms. The average molecular weight is 375 g/mol. The van der Waals surface area contributed by atoms with E-state index in [1.54, 1.807) is 0 Å². The molecule has 1 aliphatic heterocycles. The standard InChI is InChI=1S/C21H21N5O2/c1-2-6-15(7-3-1)13-26-10-11-27-19(14-26)21-22-20(28-25-21)12-18-16-8-4-5-9-17(16)23-24-18/h1-9,19H,10-14H2,(H,23,24). The Morgan fingerprint density at radius 2 is 1.93 bits per heavy atom. The number of benzene rings is 2. The van der Waals surface area contributed by atoms with E-state index >= 15 is 0 Å². The molecule has 142 valence electrons. The monoisotopic (exact) mass is 375 g/mol. The summed E-state index contributed by atoms with van der Waals surface area (Å²) in [6.45, 7) is 3.20. The minimum atomic E-state index is -0.173. The van der Waals surface area contributed by atoms with Crippen molar-refractivity contribution in [2.24, 2.45) is 0 Å². The lowest BCUT2D eigenvalue weighted by Gasteiger charge is -2.31. The third-order valence-corrected chi connectivity index (χ3v) is 5.04. The van der Waals surface area contributed by atoms with Crippen molar-refractivity contribution in [3.8, 4) is 0 Å². The van der Waals surface area contributed by atoms with Crippen LogP contribution in [0.5, 0.6) is 0 Å². The lowest BCUT2D eigenvalue weighted by molar-refractivity contribution is -0.0380. The van der Waals surface area contributed by atoms with E-state index < -0.39 is 0 Å². The number of para-hydroxylation sites is 1. The van der Waals surface area contributed by atoms with E-state index in [0.717, 1.165) is 36.2 Å². The van der Waals surface area contributed by atoms with Gasteiger partial charge in [0.25, 0.3) is 0 Å². The first kappa shape index (κ1) is 17.1. The number of nitrogens with one attached hydrogen (secondary N) is 1. The van der Waals surface area contributed by atoms with Crippen LogP contribution in [0, 0.1) is 0 Å². The van der Waals surface area contributed by atoms with Crippen LogP contribution in [0.15, 0.2) is 59.1 Å². The Balaban J connectivity index is 1.27. The molecule has 1 N–H and O–H groups in total. The largest absolute Gasteiger partial charge is 0.367 e. The fourth-order valence-electron chi connectivity index (χ4n) is 3.61. The van der Waals surface area contributed by atoms with Crippen molar-refractivity contribution in [2.75, 3.05) is 19.7 Å². The molecule has 0 saturated carbocycles. The summed E-state index contributed by atoms with van der Waals surface area (Å²) >= 11 is 0. The molecule has 0 aliphatic carbocycles. The number of H-pyrrole nitrogens is 1. The maximum atomic E-state index is 5.90. The van der Waals surface area contributed by atoms with Gasteiger partial charge in [-0.15, -0.1) is 0 Å². The summed E-state index contributed by atoms with van der Waals surface area (Å²) < 4.78 is 11.4. The Morgan fingerprint density at radius 1 is 1.07 bits per heavy atom. The molecule has 0 bridgehead atoms. The number of fused-ring (bicyclic) bond motifs is 1. The molecular weight excluding hydrogens is 354 g/mol. The molecule has 1 saturated heterocycles. The maximum absolute atomic E-state index is 5.90. The van der Waals surface area contributed by atoms with Crippen LogP contribution in [0.25, 0.3) is 10.9 Å². The normalized spacial score (nSPS) is 17.9. The first-order valence-electron chi connectivity index (χ1n) is 9.47. The number of aromatic amines is 1. The lowest BCUT2D eigenvalue weighted by Crippen LogP contribution is -2.38. The molecule has 1 unspecified atom stereocenters. The molecule has 7 heteroatoms. The number of hydrogen-bond acceptors (Lipinski definition) is 6. The SMILES string of the molecule is c1ccc(CN2CCOC(c3noc(Cc4[nH]nc5ccccc45)n3)C2)cc1. The minimum Gasteiger partial charge on any atom is -0.367 e. The number of nitrogens with zero attached hydrogens (tertiary/aromatic N) is 4. The van der Waals surface area contributed by atoms with E-state index in [-0.39, 0.29) is 6.10 Å². The van der Waals surface area contributed by atoms with Gasteiger partial charge in [-0.1, -0.05) is 53.7 Å². The van der Waals surface area contributed by atoms with Gasteiger partial charge in [0.2, 0.25) is 11.7 Å². The van der Waals surface area contributed by atoms with Crippen molar-refractivity contribution in [1.82, 2.24) is 25.2 Å². The Labute approximate surface area is 162 Å². The summed E-state index contributed by atoms with van der Waals surface area (Å²) in [6.07, 6.45) is 0.349. The van der Waals surface area contributed by atoms with Crippen LogP contribution in [0.2, 0.25) is 0 Å². The predicted octanol–water partition coefficient (Wildman–Crippen LogP) is 3.11. The zero-order valence-electron chi connectivity index (χ0n) is 15.4. The highest BCUT2D eigenvalue weighted by Gasteiger charge is 2.26. The number of aromatic nitrogens is 4. The van der Waals surface area contributed by atoms with Crippen LogP contribution in [0.1, 0.15) is 29.1 Å². The van der Waals surface area contributed by atoms with Gasteiger partial charge >= 0.3 is 0 Å². The highest BCUT2D eigenvalue weighted by molar-refractivity contribution is 5.81. The van der Waals surface area contributed by atoms with Crippen molar-refractivity contribution in [2.45, 2.75) is 19.1 Å². The van der Waals surface area contributed by atoms with Crippen molar-refractivity contribution in [1.29, 1.82) is 0 Å². The summed E-state index contributed by atoms with van der Waals surface area (Å²) in [5, 5.41) is 12.6. The van der Waals surface area contributed by atoms with Crippen molar-refractivity contribution in [3.63, 3.8) is 0 Å². The molecular formula is C21H21N5O2. The van der Waals surface area contributed by atoms with Gasteiger partial charge in [-0.3, -0.25) is 10.00 Å². The molecule has 1 atom stereocenters. The fraction of sp³-hybridized carbons (Fsp3) is 0.286. The third-order valence-electron chi connectivity index (χ3n) is 5.04. The molecule has 4 aromatic rings. The summed E-state index contributed by atoms with van der Waals surface area (Å²) in [5.41, 5.74) is 3.20. The van der Waals surface area contributed by atoms with Crippen LogP contribution in [0.3, 0.4) is 0 Å². The second-order valence-corrected chi connectivity index (χ2v) is 7.02. The Morgan fingerprint density at radius 3 is 2.86 bits per heavy atom. The molecule has 0 radical (unpaired) electrons. The van der Waals surface area contributed by atoms with Gasteiger partial charge in [0.1, 0.15) is 6.10 Å². The van der Waals surface area contributed by atoms with Gasteiger partial charge < -0.3 is 9.26 Å². The van der Waals surface area contributed by atoms with Gasteiger partial charge in [-0.05, 0) is 11.6 Å². The van der Waals surface area contributed by atoms with E-state index in [4.69, 9.17) is 9.26 Å². The Hall–Kier alpha value is -3.03. The van der Waals surface area contributed by atoms with Crippen LogP contribution in [-0.2, 0) is 17.7 Å². The summed E-state index contributed by atoms with van der Waals surface area (Å²) in [6, 6.07) is 18.4. The second-order valence-electron chi connectivity index (χ2n) is 7.02. The van der Waals surface area contributed by atoms with Gasteiger partial charge in [0.15, 0.2) is 0 Å². The molecule has 28 heavy (non-hydrogen) atoms. The molecule has 2 aromatic carbocycles. The van der Waals surface area contributed by atoms with Gasteiger partial charge in [0.05, 0.1) is 24.2 Å². The van der Waals surface area contributed by atoms with Crippen LogP contribution in [0.4, 0.5) is 0 Å². The fourth-order valence-corrected chi connectivity index (χ4v) is 3.61. The van der Waals surface area contributed by atoms with Crippen LogP contribution in [-0.4, -0.2) is 44.9 Å². The summed E-state index contributed by atoms with van der Waals surface area (Å²) in [5.74, 6) is 1.17. The van der Waals surface area contributed by atoms with Crippen molar-refractivity contribution < 1.29 is 9.26 Å².